The van der Waals surface area contributed by atoms with Crippen LogP contribution in [0.1, 0.15) is 5.01 Å². The highest BCUT2D eigenvalue weighted by atomic mass is 32.1. The zero-order chi connectivity index (χ0) is 17.0. The lowest BCUT2D eigenvalue weighted by molar-refractivity contribution is 0.831. The third kappa shape index (κ3) is 2.20. The first-order valence-corrected chi connectivity index (χ1v) is 8.66. The highest BCUT2D eigenvalue weighted by Crippen LogP contribution is 2.30. The summed E-state index contributed by atoms with van der Waals surface area (Å²) in [6, 6.07) is 14.2. The fraction of sp³-hybridized carbons (Fsp3) is 0.0556. The number of nitrogens with zero attached hydrogens (tertiary/aromatic N) is 4. The van der Waals surface area contributed by atoms with Gasteiger partial charge in [-0.25, -0.2) is 9.97 Å². The zero-order valence-corrected chi connectivity index (χ0v) is 14.0. The van der Waals surface area contributed by atoms with E-state index in [0.717, 1.165) is 32.3 Å². The van der Waals surface area contributed by atoms with E-state index in [1.807, 2.05) is 42.6 Å². The molecule has 0 aliphatic heterocycles. The molecule has 3 heterocycles. The van der Waals surface area contributed by atoms with Crippen LogP contribution in [0.3, 0.4) is 0 Å². The summed E-state index contributed by atoms with van der Waals surface area (Å²) in [5.41, 5.74) is 14.7. The number of rotatable bonds is 2. The number of hydrogen-bond donors (Lipinski definition) is 2. The third-order valence-corrected chi connectivity index (χ3v) is 5.32. The van der Waals surface area contributed by atoms with E-state index in [0.29, 0.717) is 12.4 Å². The van der Waals surface area contributed by atoms with Gasteiger partial charge in [0.1, 0.15) is 10.8 Å². The van der Waals surface area contributed by atoms with Crippen LogP contribution in [-0.2, 0) is 6.54 Å². The van der Waals surface area contributed by atoms with Crippen LogP contribution in [-0.4, -0.2) is 19.5 Å². The van der Waals surface area contributed by atoms with Crippen molar-refractivity contribution in [1.82, 2.24) is 19.5 Å². The molecule has 0 amide bonds. The Morgan fingerprint density at radius 1 is 0.920 bits per heavy atom. The summed E-state index contributed by atoms with van der Waals surface area (Å²) in [6.45, 7) is 0.712. The molecule has 7 heteroatoms. The average molecular weight is 346 g/mol. The van der Waals surface area contributed by atoms with Crippen molar-refractivity contribution < 1.29 is 0 Å². The molecule has 0 saturated heterocycles. The second-order valence-corrected chi connectivity index (χ2v) is 6.99. The van der Waals surface area contributed by atoms with Crippen LogP contribution >= 0.6 is 11.3 Å². The molecule has 3 aromatic heterocycles. The maximum atomic E-state index is 6.09. The van der Waals surface area contributed by atoms with Crippen LogP contribution in [0.2, 0.25) is 0 Å². The number of para-hydroxylation sites is 1. The standard InChI is InChI=1S/C18H14N6S/c19-17-16-10-7-8-24(13(10)6-5-12(16)22-18(20)23-17)9-15-21-11-3-1-2-4-14(11)25-15/h1-8H,9H2,(H4,19,20,22,23). The van der Waals surface area contributed by atoms with Gasteiger partial charge in [-0.15, -0.1) is 11.3 Å². The van der Waals surface area contributed by atoms with Gasteiger partial charge in [0.15, 0.2) is 0 Å². The molecule has 0 aliphatic carbocycles. The molecule has 4 N–H and O–H groups in total. The van der Waals surface area contributed by atoms with Crippen molar-refractivity contribution in [3.8, 4) is 0 Å². The third-order valence-electron chi connectivity index (χ3n) is 4.30. The van der Waals surface area contributed by atoms with Crippen LogP contribution in [0.5, 0.6) is 0 Å². The Hall–Kier alpha value is -3.19. The maximum absolute atomic E-state index is 6.09. The van der Waals surface area contributed by atoms with Crippen molar-refractivity contribution in [2.75, 3.05) is 11.5 Å². The zero-order valence-electron chi connectivity index (χ0n) is 13.2. The van der Waals surface area contributed by atoms with Gasteiger partial charge in [-0.3, -0.25) is 0 Å². The summed E-state index contributed by atoms with van der Waals surface area (Å²) in [6.07, 6.45) is 2.05. The molecule has 0 aliphatic rings. The lowest BCUT2D eigenvalue weighted by Gasteiger charge is -2.06. The van der Waals surface area contributed by atoms with Gasteiger partial charge in [0.2, 0.25) is 5.95 Å². The second-order valence-electron chi connectivity index (χ2n) is 5.88. The first kappa shape index (κ1) is 14.2. The topological polar surface area (TPSA) is 95.6 Å². The molecule has 0 spiro atoms. The quantitative estimate of drug-likeness (QED) is 0.511. The second kappa shape index (κ2) is 5.15. The normalized spacial score (nSPS) is 11.7. The minimum Gasteiger partial charge on any atom is -0.383 e. The summed E-state index contributed by atoms with van der Waals surface area (Å²) >= 11 is 1.71. The highest BCUT2D eigenvalue weighted by Gasteiger charge is 2.12. The van der Waals surface area contributed by atoms with Gasteiger partial charge in [-0.05, 0) is 30.3 Å². The van der Waals surface area contributed by atoms with E-state index >= 15 is 0 Å². The van der Waals surface area contributed by atoms with Crippen LogP contribution < -0.4 is 11.5 Å². The molecule has 0 fully saturated rings. The molecule has 25 heavy (non-hydrogen) atoms. The first-order valence-electron chi connectivity index (χ1n) is 7.84. The van der Waals surface area contributed by atoms with Gasteiger partial charge in [-0.1, -0.05) is 12.1 Å². The van der Waals surface area contributed by atoms with E-state index in [1.165, 1.54) is 4.70 Å². The highest BCUT2D eigenvalue weighted by molar-refractivity contribution is 7.18. The van der Waals surface area contributed by atoms with E-state index in [-0.39, 0.29) is 5.95 Å². The molecular formula is C18H14N6S. The van der Waals surface area contributed by atoms with E-state index in [1.54, 1.807) is 11.3 Å². The molecule has 0 unspecified atom stereocenters. The molecule has 5 aromatic rings. The van der Waals surface area contributed by atoms with Gasteiger partial charge >= 0.3 is 0 Å². The molecule has 5 rings (SSSR count). The Morgan fingerprint density at radius 2 is 1.80 bits per heavy atom. The molecule has 0 radical (unpaired) electrons. The number of thiazole rings is 1. The van der Waals surface area contributed by atoms with Crippen molar-refractivity contribution in [3.63, 3.8) is 0 Å². The van der Waals surface area contributed by atoms with Crippen LogP contribution in [0, 0.1) is 0 Å². The largest absolute Gasteiger partial charge is 0.383 e. The monoisotopic (exact) mass is 346 g/mol. The van der Waals surface area contributed by atoms with E-state index in [4.69, 9.17) is 16.5 Å². The minimum absolute atomic E-state index is 0.193. The number of anilines is 2. The lowest BCUT2D eigenvalue weighted by Crippen LogP contribution is -2.01. The van der Waals surface area contributed by atoms with Gasteiger partial charge < -0.3 is 16.0 Å². The Labute approximate surface area is 146 Å². The Bertz CT molecular complexity index is 1220. The minimum atomic E-state index is 0.193. The van der Waals surface area contributed by atoms with E-state index in [2.05, 4.69) is 20.6 Å². The molecule has 0 atom stereocenters. The molecule has 6 nitrogen and oxygen atoms in total. The number of nitrogens with two attached hydrogens (primary N) is 2. The van der Waals surface area contributed by atoms with Crippen molar-refractivity contribution in [1.29, 1.82) is 0 Å². The molecule has 2 aromatic carbocycles. The lowest BCUT2D eigenvalue weighted by atomic mass is 10.1. The summed E-state index contributed by atoms with van der Waals surface area (Å²) in [5, 5.41) is 2.94. The van der Waals surface area contributed by atoms with Crippen molar-refractivity contribution in [3.05, 3.63) is 53.7 Å². The smallest absolute Gasteiger partial charge is 0.222 e. The predicted octanol–water partition coefficient (Wildman–Crippen LogP) is 3.41. The summed E-state index contributed by atoms with van der Waals surface area (Å²) in [5.74, 6) is 0.601. The van der Waals surface area contributed by atoms with Crippen LogP contribution in [0.25, 0.3) is 32.0 Å². The number of aromatic nitrogens is 4. The van der Waals surface area contributed by atoms with Crippen molar-refractivity contribution in [2.24, 2.45) is 0 Å². The number of hydrogen-bond acceptors (Lipinski definition) is 6. The molecular weight excluding hydrogens is 332 g/mol. The fourth-order valence-corrected chi connectivity index (χ4v) is 4.19. The molecule has 122 valence electrons. The predicted molar refractivity (Wildman–Crippen MR) is 103 cm³/mol. The average Bonchev–Trinajstić information content (AvgIpc) is 3.18. The number of benzene rings is 2. The molecule has 0 bridgehead atoms. The Balaban J connectivity index is 1.65. The summed E-state index contributed by atoms with van der Waals surface area (Å²) in [4.78, 5) is 13.1. The van der Waals surface area contributed by atoms with Crippen molar-refractivity contribution >= 4 is 55.1 Å². The number of nitrogen functional groups attached to an aromatic ring is 2. The van der Waals surface area contributed by atoms with Crippen molar-refractivity contribution in [2.45, 2.75) is 6.54 Å². The van der Waals surface area contributed by atoms with E-state index < -0.39 is 0 Å². The SMILES string of the molecule is Nc1nc(N)c2c(ccc3c2ccn3Cc2nc3ccccc3s2)n1. The number of fused-ring (bicyclic) bond motifs is 4. The first-order chi connectivity index (χ1) is 12.2. The van der Waals surface area contributed by atoms with Gasteiger partial charge in [0, 0.05) is 17.1 Å². The van der Waals surface area contributed by atoms with E-state index in [9.17, 15) is 0 Å². The van der Waals surface area contributed by atoms with Gasteiger partial charge in [0.25, 0.3) is 0 Å². The fourth-order valence-electron chi connectivity index (χ4n) is 3.22. The Kier molecular flexibility index (Phi) is 2.92. The van der Waals surface area contributed by atoms with Gasteiger partial charge in [0.05, 0.1) is 27.7 Å². The molecule has 0 saturated carbocycles. The maximum Gasteiger partial charge on any atom is 0.222 e. The Morgan fingerprint density at radius 3 is 2.68 bits per heavy atom. The van der Waals surface area contributed by atoms with Crippen LogP contribution in [0.4, 0.5) is 11.8 Å². The van der Waals surface area contributed by atoms with Crippen LogP contribution in [0.15, 0.2) is 48.7 Å². The van der Waals surface area contributed by atoms with Gasteiger partial charge in [-0.2, -0.15) is 4.98 Å². The summed E-state index contributed by atoms with van der Waals surface area (Å²) < 4.78 is 3.37. The summed E-state index contributed by atoms with van der Waals surface area (Å²) in [7, 11) is 0.